The summed E-state index contributed by atoms with van der Waals surface area (Å²) in [6, 6.07) is 18.7. The molecule has 0 amide bonds. The summed E-state index contributed by atoms with van der Waals surface area (Å²) in [5, 5.41) is 7.15. The van der Waals surface area contributed by atoms with E-state index < -0.39 is 8.03 Å². The molecule has 2 nitrogen and oxygen atoms in total. The zero-order valence-corrected chi connectivity index (χ0v) is 11.6. The molecule has 0 radical (unpaired) electrons. The van der Waals surface area contributed by atoms with Gasteiger partial charge in [-0.15, -0.1) is 0 Å². The van der Waals surface area contributed by atoms with Crippen LogP contribution in [0.25, 0.3) is 32.3 Å². The van der Waals surface area contributed by atoms with E-state index >= 15 is 0 Å². The molecule has 20 heavy (non-hydrogen) atoms. The van der Waals surface area contributed by atoms with Gasteiger partial charge in [0.25, 0.3) is 0 Å². The summed E-state index contributed by atoms with van der Waals surface area (Å²) >= 11 is 0. The Balaban J connectivity index is 2.23. The molecule has 96 valence electrons. The van der Waals surface area contributed by atoms with Gasteiger partial charge in [0.2, 0.25) is 6.16 Å². The molecule has 0 fully saturated rings. The van der Waals surface area contributed by atoms with E-state index in [-0.39, 0.29) is 6.16 Å². The van der Waals surface area contributed by atoms with Crippen LogP contribution in [0.3, 0.4) is 0 Å². The highest BCUT2D eigenvalue weighted by Gasteiger charge is 2.17. The summed E-state index contributed by atoms with van der Waals surface area (Å²) in [5.74, 6) is 0. The summed E-state index contributed by atoms with van der Waals surface area (Å²) in [4.78, 5) is 9.21. The largest absolute Gasteiger partial charge is 0.510 e. The second-order valence-corrected chi connectivity index (χ2v) is 6.11. The Morgan fingerprint density at radius 3 is 2.10 bits per heavy atom. The lowest BCUT2D eigenvalue weighted by Gasteiger charge is -2.11. The average Bonchev–Trinajstić information content (AvgIpc) is 2.46. The smallest absolute Gasteiger partial charge is 0.160 e. The van der Waals surface area contributed by atoms with E-state index in [0.29, 0.717) is 0 Å². The molecule has 3 heteroatoms. The van der Waals surface area contributed by atoms with Crippen LogP contribution >= 0.6 is 8.03 Å². The molecule has 1 atom stereocenters. The number of hydrogen-bond donors (Lipinski definition) is 1. The van der Waals surface area contributed by atoms with Crippen LogP contribution in [0, 0.1) is 0 Å². The Kier molecular flexibility index (Phi) is 2.50. The van der Waals surface area contributed by atoms with Crippen LogP contribution in [0.2, 0.25) is 0 Å². The molecule has 0 heterocycles. The van der Waals surface area contributed by atoms with Gasteiger partial charge in [0.15, 0.2) is 0 Å². The lowest BCUT2D eigenvalue weighted by Crippen LogP contribution is -1.88. The molecular weight excluding hydrogens is 267 g/mol. The van der Waals surface area contributed by atoms with Crippen LogP contribution < -0.4 is 0 Å². The molecule has 0 aliphatic carbocycles. The molecule has 0 aliphatic rings. The SMILES string of the molecule is O=[P+](O)Cc1ccc2ccc3cccc4ccc1c2c34. The van der Waals surface area contributed by atoms with Gasteiger partial charge < -0.3 is 0 Å². The van der Waals surface area contributed by atoms with Gasteiger partial charge in [-0.25, -0.2) is 0 Å². The van der Waals surface area contributed by atoms with Gasteiger partial charge in [-0.3, -0.25) is 0 Å². The summed E-state index contributed by atoms with van der Waals surface area (Å²) in [7, 11) is -2.16. The van der Waals surface area contributed by atoms with E-state index in [1.165, 1.54) is 26.9 Å². The first-order valence-corrected chi connectivity index (χ1v) is 7.93. The van der Waals surface area contributed by atoms with E-state index in [9.17, 15) is 9.46 Å². The van der Waals surface area contributed by atoms with E-state index in [4.69, 9.17) is 0 Å². The number of rotatable bonds is 2. The van der Waals surface area contributed by atoms with Gasteiger partial charge >= 0.3 is 8.03 Å². The second kappa shape index (κ2) is 4.24. The van der Waals surface area contributed by atoms with Crippen molar-refractivity contribution in [1.29, 1.82) is 0 Å². The fourth-order valence-electron chi connectivity index (χ4n) is 3.08. The van der Waals surface area contributed by atoms with Gasteiger partial charge in [-0.1, -0.05) is 54.6 Å². The molecule has 0 aliphatic heterocycles. The van der Waals surface area contributed by atoms with Crippen molar-refractivity contribution < 1.29 is 9.46 Å². The minimum Gasteiger partial charge on any atom is -0.160 e. The van der Waals surface area contributed by atoms with Crippen molar-refractivity contribution in [2.45, 2.75) is 6.16 Å². The maximum atomic E-state index is 11.2. The Morgan fingerprint density at radius 1 is 0.800 bits per heavy atom. The highest BCUT2D eigenvalue weighted by molar-refractivity contribution is 7.37. The molecule has 4 aromatic carbocycles. The molecule has 4 aromatic rings. The molecule has 0 saturated carbocycles. The van der Waals surface area contributed by atoms with Gasteiger partial charge in [0.1, 0.15) is 0 Å². The van der Waals surface area contributed by atoms with Crippen molar-refractivity contribution in [2.75, 3.05) is 0 Å². The van der Waals surface area contributed by atoms with E-state index in [0.717, 1.165) is 10.9 Å². The molecule has 0 bridgehead atoms. The van der Waals surface area contributed by atoms with Crippen molar-refractivity contribution in [3.8, 4) is 0 Å². The van der Waals surface area contributed by atoms with Crippen LogP contribution in [-0.2, 0) is 10.7 Å². The maximum Gasteiger partial charge on any atom is 0.510 e. The van der Waals surface area contributed by atoms with Crippen LogP contribution in [0.15, 0.2) is 54.6 Å². The average molecular weight is 279 g/mol. The van der Waals surface area contributed by atoms with E-state index in [2.05, 4.69) is 42.5 Å². The van der Waals surface area contributed by atoms with Crippen LogP contribution in [0.5, 0.6) is 0 Å². The fraction of sp³-hybridized carbons (Fsp3) is 0.0588. The first-order chi connectivity index (χ1) is 9.74. The first kappa shape index (κ1) is 11.8. The Labute approximate surface area is 116 Å². The van der Waals surface area contributed by atoms with Gasteiger partial charge in [0.05, 0.1) is 0 Å². The maximum absolute atomic E-state index is 11.2. The summed E-state index contributed by atoms with van der Waals surface area (Å²) in [5.41, 5.74) is 0.944. The van der Waals surface area contributed by atoms with Crippen LogP contribution in [0.1, 0.15) is 5.56 Å². The monoisotopic (exact) mass is 279 g/mol. The molecule has 1 unspecified atom stereocenters. The third-order valence-corrected chi connectivity index (χ3v) is 4.54. The van der Waals surface area contributed by atoms with Crippen molar-refractivity contribution in [3.63, 3.8) is 0 Å². The van der Waals surface area contributed by atoms with Crippen LogP contribution in [-0.4, -0.2) is 4.89 Å². The van der Waals surface area contributed by atoms with Gasteiger partial charge in [0, 0.05) is 5.56 Å². The molecular formula is C17H12O2P+. The lowest BCUT2D eigenvalue weighted by atomic mass is 9.92. The fourth-order valence-corrected chi connectivity index (χ4v) is 3.65. The van der Waals surface area contributed by atoms with Crippen LogP contribution in [0.4, 0.5) is 0 Å². The molecule has 0 saturated heterocycles. The minimum absolute atomic E-state index is 0.212. The standard InChI is InChI=1S/C17H11O2P/c18-20(19)10-14-7-6-13-5-4-11-2-1-3-12-8-9-15(14)17(13)16(11)12/h1-9H,10H2/p+1. The highest BCUT2D eigenvalue weighted by Crippen LogP contribution is 2.37. The third-order valence-electron chi connectivity index (χ3n) is 3.92. The van der Waals surface area contributed by atoms with Crippen molar-refractivity contribution in [3.05, 3.63) is 60.2 Å². The topological polar surface area (TPSA) is 37.3 Å². The van der Waals surface area contributed by atoms with Crippen molar-refractivity contribution >= 4 is 40.3 Å². The Morgan fingerprint density at radius 2 is 1.40 bits per heavy atom. The van der Waals surface area contributed by atoms with Crippen molar-refractivity contribution in [2.24, 2.45) is 0 Å². The zero-order valence-electron chi connectivity index (χ0n) is 10.7. The molecule has 0 spiro atoms. The van der Waals surface area contributed by atoms with Crippen molar-refractivity contribution in [1.82, 2.24) is 0 Å². The summed E-state index contributed by atoms with van der Waals surface area (Å²) in [6.45, 7) is 0. The predicted octanol–water partition coefficient (Wildman–Crippen LogP) is 4.82. The normalized spacial score (nSPS) is 12.6. The molecule has 4 rings (SSSR count). The van der Waals surface area contributed by atoms with E-state index in [1.54, 1.807) is 0 Å². The van der Waals surface area contributed by atoms with Gasteiger partial charge in [-0.2, -0.15) is 4.89 Å². The number of benzene rings is 4. The predicted molar refractivity (Wildman–Crippen MR) is 83.7 cm³/mol. The second-order valence-electron chi connectivity index (χ2n) is 5.09. The third kappa shape index (κ3) is 1.62. The number of hydrogen-bond acceptors (Lipinski definition) is 1. The quantitative estimate of drug-likeness (QED) is 0.422. The Bertz CT molecular complexity index is 943. The summed E-state index contributed by atoms with van der Waals surface area (Å²) in [6.07, 6.45) is 0.212. The minimum atomic E-state index is -2.16. The highest BCUT2D eigenvalue weighted by atomic mass is 31.1. The molecule has 1 N–H and O–H groups in total. The van der Waals surface area contributed by atoms with E-state index in [1.807, 2.05) is 12.1 Å². The summed E-state index contributed by atoms with van der Waals surface area (Å²) < 4.78 is 11.2. The lowest BCUT2D eigenvalue weighted by molar-refractivity contribution is 0.502. The Hall–Kier alpha value is -2.02. The van der Waals surface area contributed by atoms with Gasteiger partial charge in [-0.05, 0) is 36.9 Å². The zero-order chi connectivity index (χ0) is 13.7. The first-order valence-electron chi connectivity index (χ1n) is 6.53. The molecule has 0 aromatic heterocycles.